The number of para-hydroxylation sites is 1. The predicted octanol–water partition coefficient (Wildman–Crippen LogP) is 4.84. The van der Waals surface area contributed by atoms with Crippen LogP contribution < -0.4 is 10.1 Å². The molecule has 0 saturated carbocycles. The summed E-state index contributed by atoms with van der Waals surface area (Å²) in [6.45, 7) is 0.679. The molecule has 3 aromatic rings. The van der Waals surface area contributed by atoms with Crippen molar-refractivity contribution in [3.05, 3.63) is 77.0 Å². The Balaban J connectivity index is 1.42. The zero-order valence-electron chi connectivity index (χ0n) is 14.4. The van der Waals surface area contributed by atoms with Crippen LogP contribution in [0, 0.1) is 0 Å². The van der Waals surface area contributed by atoms with Crippen molar-refractivity contribution < 1.29 is 9.53 Å². The van der Waals surface area contributed by atoms with Gasteiger partial charge in [-0.25, -0.2) is 0 Å². The number of carbonyl (C=O) groups excluding carboxylic acids is 1. The molecule has 0 aliphatic heterocycles. The molecule has 0 radical (unpaired) electrons. The third-order valence-corrected chi connectivity index (χ3v) is 5.79. The lowest BCUT2D eigenvalue weighted by atomic mass is 10.1. The fraction of sp³-hybridized carbons (Fsp3) is 0.190. The maximum Gasteiger partial charge on any atom is 0.257 e. The summed E-state index contributed by atoms with van der Waals surface area (Å²) < 4.78 is 5.75. The Bertz CT molecular complexity index is 804. The lowest BCUT2D eigenvalue weighted by Gasteiger charge is -2.11. The van der Waals surface area contributed by atoms with Crippen molar-refractivity contribution in [1.82, 2.24) is 5.32 Å². The van der Waals surface area contributed by atoms with E-state index < -0.39 is 0 Å². The van der Waals surface area contributed by atoms with Crippen LogP contribution >= 0.6 is 23.1 Å². The SMILES string of the molecule is O=C(COc1ccccc1-c1ccccc1)NCCSCc1cccs1. The highest BCUT2D eigenvalue weighted by Gasteiger charge is 2.08. The zero-order chi connectivity index (χ0) is 18.0. The van der Waals surface area contributed by atoms with E-state index in [1.165, 1.54) is 4.88 Å². The highest BCUT2D eigenvalue weighted by molar-refractivity contribution is 7.98. The first kappa shape index (κ1) is 18.5. The Hall–Kier alpha value is -2.24. The predicted molar refractivity (Wildman–Crippen MR) is 111 cm³/mol. The van der Waals surface area contributed by atoms with Crippen LogP contribution in [0.25, 0.3) is 11.1 Å². The molecule has 0 fully saturated rings. The van der Waals surface area contributed by atoms with Crippen molar-refractivity contribution in [2.45, 2.75) is 5.75 Å². The van der Waals surface area contributed by atoms with Gasteiger partial charge in [0.1, 0.15) is 5.75 Å². The Kier molecular flexibility index (Phi) is 7.16. The maximum atomic E-state index is 12.0. The first-order valence-electron chi connectivity index (χ1n) is 8.47. The van der Waals surface area contributed by atoms with Gasteiger partial charge < -0.3 is 10.1 Å². The van der Waals surface area contributed by atoms with E-state index in [4.69, 9.17) is 4.74 Å². The van der Waals surface area contributed by atoms with Crippen molar-refractivity contribution in [2.24, 2.45) is 0 Å². The molecule has 3 nitrogen and oxygen atoms in total. The van der Waals surface area contributed by atoms with Crippen LogP contribution in [-0.2, 0) is 10.5 Å². The second kappa shape index (κ2) is 10.0. The minimum atomic E-state index is -0.0930. The Labute approximate surface area is 162 Å². The molecule has 3 rings (SSSR count). The van der Waals surface area contributed by atoms with Gasteiger partial charge in [0.25, 0.3) is 5.91 Å². The summed E-state index contributed by atoms with van der Waals surface area (Å²) in [6, 6.07) is 22.0. The number of hydrogen-bond donors (Lipinski definition) is 1. The first-order valence-corrected chi connectivity index (χ1v) is 10.5. The Morgan fingerprint density at radius 1 is 1.00 bits per heavy atom. The van der Waals surface area contributed by atoms with Gasteiger partial charge in [-0.05, 0) is 23.1 Å². The van der Waals surface area contributed by atoms with Gasteiger partial charge in [0.05, 0.1) is 0 Å². The number of hydrogen-bond acceptors (Lipinski definition) is 4. The Morgan fingerprint density at radius 3 is 2.62 bits per heavy atom. The second-order valence-electron chi connectivity index (χ2n) is 5.63. The molecule has 2 aromatic carbocycles. The lowest BCUT2D eigenvalue weighted by molar-refractivity contribution is -0.122. The quantitative estimate of drug-likeness (QED) is 0.537. The zero-order valence-corrected chi connectivity index (χ0v) is 16.0. The van der Waals surface area contributed by atoms with Gasteiger partial charge in [0, 0.05) is 28.5 Å². The molecule has 0 unspecified atom stereocenters. The molecular weight excluding hydrogens is 362 g/mol. The van der Waals surface area contributed by atoms with E-state index in [1.54, 1.807) is 11.3 Å². The van der Waals surface area contributed by atoms with Crippen LogP contribution in [0.3, 0.4) is 0 Å². The third kappa shape index (κ3) is 5.64. The average Bonchev–Trinajstić information content (AvgIpc) is 3.20. The molecule has 0 aliphatic rings. The summed E-state index contributed by atoms with van der Waals surface area (Å²) in [4.78, 5) is 13.4. The van der Waals surface area contributed by atoms with Crippen LogP contribution in [0.1, 0.15) is 4.88 Å². The summed E-state index contributed by atoms with van der Waals surface area (Å²) in [5.74, 6) is 2.52. The fourth-order valence-electron chi connectivity index (χ4n) is 2.47. The molecular formula is C21H21NO2S2. The molecule has 1 N–H and O–H groups in total. The standard InChI is InChI=1S/C21H21NO2S2/c23-21(22-12-14-25-16-18-9-6-13-26-18)15-24-20-11-5-4-10-19(20)17-7-2-1-3-8-17/h1-11,13H,12,14-16H2,(H,22,23). The van der Waals surface area contributed by atoms with Gasteiger partial charge in [-0.1, -0.05) is 54.6 Å². The largest absolute Gasteiger partial charge is 0.483 e. The minimum Gasteiger partial charge on any atom is -0.483 e. The van der Waals surface area contributed by atoms with Crippen LogP contribution in [0.2, 0.25) is 0 Å². The molecule has 0 bridgehead atoms. The molecule has 1 heterocycles. The number of carbonyl (C=O) groups is 1. The summed E-state index contributed by atoms with van der Waals surface area (Å²) in [6.07, 6.45) is 0. The monoisotopic (exact) mass is 383 g/mol. The Morgan fingerprint density at radius 2 is 1.81 bits per heavy atom. The molecule has 134 valence electrons. The summed E-state index contributed by atoms with van der Waals surface area (Å²) >= 11 is 3.59. The van der Waals surface area contributed by atoms with Crippen molar-refractivity contribution >= 4 is 29.0 Å². The van der Waals surface area contributed by atoms with E-state index in [0.717, 1.165) is 28.4 Å². The van der Waals surface area contributed by atoms with E-state index in [-0.39, 0.29) is 12.5 Å². The number of amides is 1. The van der Waals surface area contributed by atoms with Crippen molar-refractivity contribution in [1.29, 1.82) is 0 Å². The molecule has 0 aliphatic carbocycles. The molecule has 0 spiro atoms. The molecule has 0 saturated heterocycles. The number of thiophene rings is 1. The normalized spacial score (nSPS) is 10.5. The highest BCUT2D eigenvalue weighted by atomic mass is 32.2. The molecule has 1 aromatic heterocycles. The van der Waals surface area contributed by atoms with E-state index >= 15 is 0 Å². The van der Waals surface area contributed by atoms with E-state index in [9.17, 15) is 4.79 Å². The summed E-state index contributed by atoms with van der Waals surface area (Å²) in [5, 5.41) is 5.00. The average molecular weight is 384 g/mol. The molecule has 5 heteroatoms. The fourth-order valence-corrected chi connectivity index (χ4v) is 4.17. The van der Waals surface area contributed by atoms with Crippen LogP contribution in [0.5, 0.6) is 5.75 Å². The van der Waals surface area contributed by atoms with Gasteiger partial charge in [-0.2, -0.15) is 11.8 Å². The van der Waals surface area contributed by atoms with Gasteiger partial charge in [-0.15, -0.1) is 11.3 Å². The van der Waals surface area contributed by atoms with Crippen LogP contribution in [-0.4, -0.2) is 24.8 Å². The second-order valence-corrected chi connectivity index (χ2v) is 7.77. The lowest BCUT2D eigenvalue weighted by Crippen LogP contribution is -2.30. The minimum absolute atomic E-state index is 0.0272. The number of benzene rings is 2. The smallest absolute Gasteiger partial charge is 0.257 e. The maximum absolute atomic E-state index is 12.0. The number of nitrogens with one attached hydrogen (secondary N) is 1. The summed E-state index contributed by atoms with van der Waals surface area (Å²) in [5.41, 5.74) is 2.07. The number of rotatable bonds is 9. The van der Waals surface area contributed by atoms with Gasteiger partial charge >= 0.3 is 0 Å². The van der Waals surface area contributed by atoms with E-state index in [0.29, 0.717) is 6.54 Å². The highest BCUT2D eigenvalue weighted by Crippen LogP contribution is 2.29. The van der Waals surface area contributed by atoms with Gasteiger partial charge in [0.15, 0.2) is 6.61 Å². The van der Waals surface area contributed by atoms with Gasteiger partial charge in [-0.3, -0.25) is 4.79 Å². The third-order valence-electron chi connectivity index (χ3n) is 3.72. The molecule has 0 atom stereocenters. The topological polar surface area (TPSA) is 38.3 Å². The summed E-state index contributed by atoms with van der Waals surface area (Å²) in [7, 11) is 0. The van der Waals surface area contributed by atoms with Crippen LogP contribution in [0.4, 0.5) is 0 Å². The van der Waals surface area contributed by atoms with Crippen LogP contribution in [0.15, 0.2) is 72.1 Å². The molecule has 1 amide bonds. The molecule has 26 heavy (non-hydrogen) atoms. The van der Waals surface area contributed by atoms with Crippen molar-refractivity contribution in [2.75, 3.05) is 18.9 Å². The van der Waals surface area contributed by atoms with E-state index in [1.807, 2.05) is 66.4 Å². The first-order chi connectivity index (χ1) is 12.8. The number of ether oxygens (including phenoxy) is 1. The van der Waals surface area contributed by atoms with Crippen molar-refractivity contribution in [3.63, 3.8) is 0 Å². The number of thioether (sulfide) groups is 1. The van der Waals surface area contributed by atoms with Crippen molar-refractivity contribution in [3.8, 4) is 16.9 Å². The van der Waals surface area contributed by atoms with E-state index in [2.05, 4.69) is 22.8 Å². The van der Waals surface area contributed by atoms with Gasteiger partial charge in [0.2, 0.25) is 0 Å².